The van der Waals surface area contributed by atoms with Crippen molar-refractivity contribution in [1.29, 1.82) is 0 Å². The SMILES string of the molecule is C=CCC1(C)/C(=C\C=C\C2=[N+](CCC(=O)O)c3ccc4ccccc4c3C2(C)C)N(CCCC2CCCC2)c2ccc3ccccc3c21. The van der Waals surface area contributed by atoms with Crippen molar-refractivity contribution in [2.75, 3.05) is 18.0 Å². The van der Waals surface area contributed by atoms with Gasteiger partial charge in [0.05, 0.1) is 5.41 Å². The van der Waals surface area contributed by atoms with E-state index in [0.717, 1.165) is 30.3 Å². The molecule has 1 saturated carbocycles. The topological polar surface area (TPSA) is 43.6 Å². The van der Waals surface area contributed by atoms with Gasteiger partial charge in [-0.2, -0.15) is 4.58 Å². The number of aliphatic carboxylic acids is 1. The summed E-state index contributed by atoms with van der Waals surface area (Å²) in [7, 11) is 0. The second-order valence-electron chi connectivity index (χ2n) is 14.8. The average molecular weight is 638 g/mol. The van der Waals surface area contributed by atoms with Crippen LogP contribution in [0.1, 0.15) is 83.3 Å². The summed E-state index contributed by atoms with van der Waals surface area (Å²) in [6.45, 7) is 12.6. The number of carboxylic acid groups (broad SMARTS) is 1. The van der Waals surface area contributed by atoms with Crippen LogP contribution in [0.5, 0.6) is 0 Å². The zero-order valence-electron chi connectivity index (χ0n) is 28.8. The van der Waals surface area contributed by atoms with Crippen LogP contribution in [0.4, 0.5) is 11.4 Å². The molecule has 48 heavy (non-hydrogen) atoms. The molecule has 0 radical (unpaired) electrons. The van der Waals surface area contributed by atoms with Crippen molar-refractivity contribution < 1.29 is 14.5 Å². The first-order chi connectivity index (χ1) is 23.2. The molecule has 0 bridgehead atoms. The minimum Gasteiger partial charge on any atom is -0.481 e. The standard InChI is InChI=1S/C44H48N2O2/c1-5-28-44(4)39(45(29-13-16-31-14-6-7-15-31)37-26-24-33-18-9-11-20-35(33)42(37)44)22-12-21-38-43(2,3)41-34-19-10-8-17-32(34)23-25-36(41)46(38)30-27-40(47)48/h5,8-12,17-26,31H,1,6-7,13-16,27-30H2,2-4H3/p+1. The molecule has 1 atom stereocenters. The van der Waals surface area contributed by atoms with Crippen LogP contribution < -0.4 is 4.90 Å². The fraction of sp³-hybridized carbons (Fsp3) is 0.364. The number of rotatable bonds is 11. The van der Waals surface area contributed by atoms with Gasteiger partial charge in [-0.1, -0.05) is 92.4 Å². The quantitative estimate of drug-likeness (QED) is 0.131. The minimum atomic E-state index is -0.781. The fourth-order valence-corrected chi connectivity index (χ4v) is 9.18. The van der Waals surface area contributed by atoms with Gasteiger partial charge in [-0.25, -0.2) is 0 Å². The van der Waals surface area contributed by atoms with Crippen LogP contribution in [-0.4, -0.2) is 34.5 Å². The van der Waals surface area contributed by atoms with Crippen molar-refractivity contribution in [3.63, 3.8) is 0 Å². The molecule has 2 aliphatic heterocycles. The van der Waals surface area contributed by atoms with Crippen LogP contribution in [0.25, 0.3) is 21.5 Å². The Morgan fingerprint density at radius 1 is 0.938 bits per heavy atom. The number of nitrogens with zero attached hydrogens (tertiary/aromatic N) is 2. The normalized spacial score (nSPS) is 21.2. The zero-order valence-corrected chi connectivity index (χ0v) is 28.8. The van der Waals surface area contributed by atoms with Crippen molar-refractivity contribution in [3.05, 3.63) is 121 Å². The smallest absolute Gasteiger partial charge is 0.309 e. The van der Waals surface area contributed by atoms with Crippen molar-refractivity contribution in [3.8, 4) is 0 Å². The van der Waals surface area contributed by atoms with Gasteiger partial charge in [0, 0.05) is 41.1 Å². The summed E-state index contributed by atoms with van der Waals surface area (Å²) in [5, 5.41) is 14.7. The molecule has 246 valence electrons. The lowest BCUT2D eigenvalue weighted by atomic mass is 9.76. The van der Waals surface area contributed by atoms with Crippen LogP contribution in [0, 0.1) is 5.92 Å². The molecule has 4 aromatic carbocycles. The molecular formula is C44H49N2O2+. The Labute approximate surface area is 285 Å². The predicted octanol–water partition coefficient (Wildman–Crippen LogP) is 10.6. The highest BCUT2D eigenvalue weighted by molar-refractivity contribution is 6.07. The number of allylic oxidation sites excluding steroid dienone is 5. The van der Waals surface area contributed by atoms with Gasteiger partial charge in [-0.3, -0.25) is 4.79 Å². The highest BCUT2D eigenvalue weighted by Gasteiger charge is 2.46. The van der Waals surface area contributed by atoms with Crippen LogP contribution in [-0.2, 0) is 15.6 Å². The Hall–Kier alpha value is -4.44. The maximum atomic E-state index is 11.8. The first kappa shape index (κ1) is 32.1. The van der Waals surface area contributed by atoms with Crippen molar-refractivity contribution >= 4 is 44.6 Å². The Bertz CT molecular complexity index is 1990. The molecule has 7 rings (SSSR count). The largest absolute Gasteiger partial charge is 0.481 e. The Balaban J connectivity index is 1.33. The summed E-state index contributed by atoms with van der Waals surface area (Å²) in [4.78, 5) is 14.4. The van der Waals surface area contributed by atoms with Gasteiger partial charge in [0.25, 0.3) is 0 Å². The molecule has 1 N–H and O–H groups in total. The third-order valence-corrected chi connectivity index (χ3v) is 11.4. The van der Waals surface area contributed by atoms with Gasteiger partial charge < -0.3 is 10.0 Å². The lowest BCUT2D eigenvalue weighted by molar-refractivity contribution is -0.436. The van der Waals surface area contributed by atoms with Gasteiger partial charge >= 0.3 is 5.97 Å². The Kier molecular flexibility index (Phi) is 8.62. The fourth-order valence-electron chi connectivity index (χ4n) is 9.18. The van der Waals surface area contributed by atoms with E-state index < -0.39 is 5.97 Å². The summed E-state index contributed by atoms with van der Waals surface area (Å²) >= 11 is 0. The van der Waals surface area contributed by atoms with Crippen molar-refractivity contribution in [1.82, 2.24) is 0 Å². The summed E-state index contributed by atoms with van der Waals surface area (Å²) in [6, 6.07) is 26.3. The van der Waals surface area contributed by atoms with E-state index in [1.807, 2.05) is 0 Å². The molecule has 1 fully saturated rings. The van der Waals surface area contributed by atoms with E-state index in [4.69, 9.17) is 0 Å². The number of carboxylic acids is 1. The molecular weight excluding hydrogens is 588 g/mol. The molecule has 3 aliphatic rings. The lowest BCUT2D eigenvalue weighted by Gasteiger charge is -2.30. The molecule has 4 heteroatoms. The zero-order chi connectivity index (χ0) is 33.5. The summed E-state index contributed by atoms with van der Waals surface area (Å²) in [5.74, 6) is 0.0861. The van der Waals surface area contributed by atoms with E-state index in [-0.39, 0.29) is 17.3 Å². The van der Waals surface area contributed by atoms with Crippen LogP contribution in [0.3, 0.4) is 0 Å². The molecule has 2 heterocycles. The monoisotopic (exact) mass is 637 g/mol. The Morgan fingerprint density at radius 2 is 1.60 bits per heavy atom. The van der Waals surface area contributed by atoms with E-state index in [2.05, 4.69) is 134 Å². The van der Waals surface area contributed by atoms with Crippen LogP contribution in [0.15, 0.2) is 109 Å². The van der Waals surface area contributed by atoms with E-state index in [1.54, 1.807) is 0 Å². The second-order valence-corrected chi connectivity index (χ2v) is 14.8. The molecule has 1 aliphatic carbocycles. The lowest BCUT2D eigenvalue weighted by Crippen LogP contribution is -2.30. The third-order valence-electron chi connectivity index (χ3n) is 11.4. The maximum Gasteiger partial charge on any atom is 0.309 e. The molecule has 0 aromatic heterocycles. The average Bonchev–Trinajstić information content (AvgIpc) is 3.74. The van der Waals surface area contributed by atoms with Gasteiger partial charge in [0.2, 0.25) is 5.69 Å². The van der Waals surface area contributed by atoms with Crippen LogP contribution >= 0.6 is 0 Å². The molecule has 0 saturated heterocycles. The molecule has 4 nitrogen and oxygen atoms in total. The number of benzene rings is 4. The Morgan fingerprint density at radius 3 is 2.29 bits per heavy atom. The predicted molar refractivity (Wildman–Crippen MR) is 201 cm³/mol. The van der Waals surface area contributed by atoms with Gasteiger partial charge in [-0.05, 0) is 91.3 Å². The van der Waals surface area contributed by atoms with Crippen molar-refractivity contribution in [2.24, 2.45) is 5.92 Å². The van der Waals surface area contributed by atoms with Crippen molar-refractivity contribution in [2.45, 2.75) is 83.0 Å². The molecule has 0 spiro atoms. The number of carbonyl (C=O) groups is 1. The van der Waals surface area contributed by atoms with E-state index >= 15 is 0 Å². The van der Waals surface area contributed by atoms with Gasteiger partial charge in [-0.15, -0.1) is 6.58 Å². The van der Waals surface area contributed by atoms with Gasteiger partial charge in [0.15, 0.2) is 12.3 Å². The van der Waals surface area contributed by atoms with E-state index in [0.29, 0.717) is 6.54 Å². The second kappa shape index (κ2) is 12.9. The summed E-state index contributed by atoms with van der Waals surface area (Å²) in [6.07, 6.45) is 17.8. The van der Waals surface area contributed by atoms with E-state index in [1.165, 1.54) is 82.6 Å². The first-order valence-corrected chi connectivity index (χ1v) is 17.9. The highest BCUT2D eigenvalue weighted by Crippen LogP contribution is 2.53. The molecule has 1 unspecified atom stereocenters. The number of anilines is 1. The maximum absolute atomic E-state index is 11.8. The molecule has 0 amide bonds. The highest BCUT2D eigenvalue weighted by atomic mass is 16.4. The summed E-state index contributed by atoms with van der Waals surface area (Å²) in [5.41, 5.74) is 7.01. The van der Waals surface area contributed by atoms with Crippen LogP contribution in [0.2, 0.25) is 0 Å². The summed E-state index contributed by atoms with van der Waals surface area (Å²) < 4.78 is 2.24. The number of hydrogen-bond acceptors (Lipinski definition) is 2. The number of fused-ring (bicyclic) bond motifs is 6. The first-order valence-electron chi connectivity index (χ1n) is 17.9. The molecule has 4 aromatic rings. The van der Waals surface area contributed by atoms with E-state index in [9.17, 15) is 9.90 Å². The number of hydrogen-bond donors (Lipinski definition) is 1. The van der Waals surface area contributed by atoms with Gasteiger partial charge in [0.1, 0.15) is 6.42 Å². The third kappa shape index (κ3) is 5.49. The minimum absolute atomic E-state index is 0.0787.